The molecule has 0 bridgehead atoms. The Hall–Kier alpha value is -3.22. The van der Waals surface area contributed by atoms with Crippen molar-refractivity contribution in [3.8, 4) is 16.3 Å². The van der Waals surface area contributed by atoms with Crippen LogP contribution in [0.3, 0.4) is 0 Å². The average molecular weight is 552 g/mol. The second-order valence-electron chi connectivity index (χ2n) is 6.46. The molecule has 0 saturated carbocycles. The van der Waals surface area contributed by atoms with E-state index in [9.17, 15) is 22.0 Å². The number of anilines is 1. The van der Waals surface area contributed by atoms with E-state index in [2.05, 4.69) is 31.4 Å². The third-order valence-electron chi connectivity index (χ3n) is 4.25. The summed E-state index contributed by atoms with van der Waals surface area (Å²) in [7, 11) is -4.05. The van der Waals surface area contributed by atoms with E-state index in [0.717, 1.165) is 29.5 Å². The van der Waals surface area contributed by atoms with E-state index in [1.54, 1.807) is 30.3 Å². The Labute approximate surface area is 199 Å². The number of halogens is 3. The van der Waals surface area contributed by atoms with Crippen LogP contribution in [0, 0.1) is 11.6 Å². The SMILES string of the molecule is O=C(Nc1nnc(-c2ccc(OS(=O)(=O)c3ccccc3Br)cc2)s1)c1c(F)cccc1F. The number of nitrogens with zero attached hydrogens (tertiary/aromatic N) is 2. The van der Waals surface area contributed by atoms with Crippen LogP contribution in [0.1, 0.15) is 10.4 Å². The quantitative estimate of drug-likeness (QED) is 0.328. The molecule has 4 aromatic rings. The molecule has 0 aliphatic rings. The molecular formula is C21H12BrF2N3O4S2. The van der Waals surface area contributed by atoms with Gasteiger partial charge in [0.15, 0.2) is 0 Å². The van der Waals surface area contributed by atoms with Gasteiger partial charge in [-0.15, -0.1) is 10.2 Å². The maximum atomic E-state index is 13.8. The highest BCUT2D eigenvalue weighted by Crippen LogP contribution is 2.30. The summed E-state index contributed by atoms with van der Waals surface area (Å²) in [5, 5.41) is 10.5. The molecule has 12 heteroatoms. The Morgan fingerprint density at radius 1 is 0.939 bits per heavy atom. The lowest BCUT2D eigenvalue weighted by Crippen LogP contribution is -2.15. The fraction of sp³-hybridized carbons (Fsp3) is 0. The monoisotopic (exact) mass is 551 g/mol. The van der Waals surface area contributed by atoms with Gasteiger partial charge < -0.3 is 4.18 Å². The summed E-state index contributed by atoms with van der Waals surface area (Å²) in [6.07, 6.45) is 0. The van der Waals surface area contributed by atoms with Crippen molar-refractivity contribution in [1.29, 1.82) is 0 Å². The number of aromatic nitrogens is 2. The van der Waals surface area contributed by atoms with Gasteiger partial charge in [-0.3, -0.25) is 10.1 Å². The zero-order chi connectivity index (χ0) is 23.6. The van der Waals surface area contributed by atoms with Crippen LogP contribution in [-0.4, -0.2) is 24.5 Å². The second kappa shape index (κ2) is 9.33. The molecule has 168 valence electrons. The molecular weight excluding hydrogens is 540 g/mol. The minimum Gasteiger partial charge on any atom is -0.379 e. The van der Waals surface area contributed by atoms with Crippen LogP contribution in [0.5, 0.6) is 5.75 Å². The summed E-state index contributed by atoms with van der Waals surface area (Å²) in [6, 6.07) is 15.4. The smallest absolute Gasteiger partial charge is 0.340 e. The molecule has 33 heavy (non-hydrogen) atoms. The lowest BCUT2D eigenvalue weighted by molar-refractivity contribution is 0.101. The van der Waals surface area contributed by atoms with Gasteiger partial charge in [0.2, 0.25) is 5.13 Å². The summed E-state index contributed by atoms with van der Waals surface area (Å²) < 4.78 is 58.0. The van der Waals surface area contributed by atoms with E-state index in [-0.39, 0.29) is 15.8 Å². The molecule has 7 nitrogen and oxygen atoms in total. The standard InChI is InChI=1S/C21H12BrF2N3O4S2/c22-14-4-1-2-7-17(14)33(29,30)31-13-10-8-12(9-11-13)20-26-27-21(32-20)25-19(28)18-15(23)5-3-6-16(18)24/h1-11H,(H,25,27,28). The maximum Gasteiger partial charge on any atom is 0.340 e. The van der Waals surface area contributed by atoms with Crippen LogP contribution < -0.4 is 9.50 Å². The van der Waals surface area contributed by atoms with Gasteiger partial charge in [-0.25, -0.2) is 8.78 Å². The molecule has 1 N–H and O–H groups in total. The summed E-state index contributed by atoms with van der Waals surface area (Å²) >= 11 is 4.16. The zero-order valence-corrected chi connectivity index (χ0v) is 19.5. The predicted molar refractivity (Wildman–Crippen MR) is 122 cm³/mol. The number of nitrogens with one attached hydrogen (secondary N) is 1. The van der Waals surface area contributed by atoms with E-state index in [1.165, 1.54) is 18.2 Å². The maximum absolute atomic E-state index is 13.8. The van der Waals surface area contributed by atoms with Gasteiger partial charge in [-0.05, 0) is 64.5 Å². The van der Waals surface area contributed by atoms with Gasteiger partial charge in [0.05, 0.1) is 0 Å². The predicted octanol–water partition coefficient (Wildman–Crippen LogP) is 5.27. The Morgan fingerprint density at radius 3 is 2.27 bits per heavy atom. The average Bonchev–Trinajstić information content (AvgIpc) is 3.22. The van der Waals surface area contributed by atoms with Gasteiger partial charge in [-0.2, -0.15) is 8.42 Å². The van der Waals surface area contributed by atoms with Crippen LogP contribution >= 0.6 is 27.3 Å². The summed E-state index contributed by atoms with van der Waals surface area (Å²) in [4.78, 5) is 12.2. The van der Waals surface area contributed by atoms with Crippen LogP contribution in [0.4, 0.5) is 13.9 Å². The number of carbonyl (C=O) groups excluding carboxylic acids is 1. The molecule has 0 spiro atoms. The number of hydrogen-bond donors (Lipinski definition) is 1. The Morgan fingerprint density at radius 2 is 1.61 bits per heavy atom. The Kier molecular flexibility index (Phi) is 6.49. The number of carbonyl (C=O) groups is 1. The van der Waals surface area contributed by atoms with Crippen LogP contribution in [0.2, 0.25) is 0 Å². The highest BCUT2D eigenvalue weighted by atomic mass is 79.9. The fourth-order valence-electron chi connectivity index (χ4n) is 2.74. The van der Waals surface area contributed by atoms with Crippen molar-refractivity contribution in [3.05, 3.63) is 88.4 Å². The van der Waals surface area contributed by atoms with Crippen molar-refractivity contribution in [2.24, 2.45) is 0 Å². The Bertz CT molecular complexity index is 1420. The van der Waals surface area contributed by atoms with Crippen molar-refractivity contribution in [3.63, 3.8) is 0 Å². The van der Waals surface area contributed by atoms with E-state index >= 15 is 0 Å². The first-order valence-corrected chi connectivity index (χ1v) is 12.1. The Balaban J connectivity index is 1.48. The van der Waals surface area contributed by atoms with Crippen LogP contribution in [0.15, 0.2) is 76.1 Å². The van der Waals surface area contributed by atoms with Gasteiger partial charge in [0, 0.05) is 10.0 Å². The molecule has 1 amide bonds. The van der Waals surface area contributed by atoms with E-state index in [0.29, 0.717) is 15.0 Å². The van der Waals surface area contributed by atoms with Crippen molar-refractivity contribution < 1.29 is 26.2 Å². The number of benzene rings is 3. The fourth-order valence-corrected chi connectivity index (χ4v) is 5.37. The molecule has 1 aromatic heterocycles. The zero-order valence-electron chi connectivity index (χ0n) is 16.3. The van der Waals surface area contributed by atoms with Gasteiger partial charge >= 0.3 is 10.1 Å². The number of amides is 1. The number of rotatable bonds is 6. The molecule has 0 aliphatic carbocycles. The molecule has 0 saturated heterocycles. The molecule has 0 atom stereocenters. The highest BCUT2D eigenvalue weighted by molar-refractivity contribution is 9.10. The summed E-state index contributed by atoms with van der Waals surface area (Å²) in [5.41, 5.74) is -0.155. The van der Waals surface area contributed by atoms with E-state index in [4.69, 9.17) is 4.18 Å². The normalized spacial score (nSPS) is 11.2. The van der Waals surface area contributed by atoms with E-state index in [1.807, 2.05) is 0 Å². The molecule has 4 rings (SSSR count). The first-order valence-electron chi connectivity index (χ1n) is 9.13. The van der Waals surface area contributed by atoms with Gasteiger partial charge in [0.25, 0.3) is 5.91 Å². The lowest BCUT2D eigenvalue weighted by Gasteiger charge is -2.08. The summed E-state index contributed by atoms with van der Waals surface area (Å²) in [6.45, 7) is 0. The molecule has 0 aliphatic heterocycles. The number of hydrogen-bond acceptors (Lipinski definition) is 7. The molecule has 0 unspecified atom stereocenters. The van der Waals surface area contributed by atoms with Gasteiger partial charge in [-0.1, -0.05) is 29.5 Å². The first-order chi connectivity index (χ1) is 15.7. The molecule has 0 radical (unpaired) electrons. The largest absolute Gasteiger partial charge is 0.379 e. The van der Waals surface area contributed by atoms with Crippen molar-refractivity contribution >= 4 is 48.4 Å². The molecule has 0 fully saturated rings. The van der Waals surface area contributed by atoms with E-state index < -0.39 is 33.2 Å². The minimum absolute atomic E-state index is 0.00938. The van der Waals surface area contributed by atoms with Gasteiger partial charge in [0.1, 0.15) is 32.9 Å². The molecule has 3 aromatic carbocycles. The summed E-state index contributed by atoms with van der Waals surface area (Å²) in [5.74, 6) is -2.90. The topological polar surface area (TPSA) is 98.2 Å². The highest BCUT2D eigenvalue weighted by Gasteiger charge is 2.21. The van der Waals surface area contributed by atoms with Crippen molar-refractivity contribution in [2.75, 3.05) is 5.32 Å². The van der Waals surface area contributed by atoms with Crippen molar-refractivity contribution in [1.82, 2.24) is 10.2 Å². The molecule has 1 heterocycles. The third-order valence-corrected chi connectivity index (χ3v) is 7.40. The lowest BCUT2D eigenvalue weighted by atomic mass is 10.2. The minimum atomic E-state index is -4.05. The third kappa shape index (κ3) is 5.07. The van der Waals surface area contributed by atoms with Crippen molar-refractivity contribution in [2.45, 2.75) is 4.90 Å². The van der Waals surface area contributed by atoms with Crippen LogP contribution in [-0.2, 0) is 10.1 Å². The van der Waals surface area contributed by atoms with Crippen LogP contribution in [0.25, 0.3) is 10.6 Å². The first kappa shape index (κ1) is 23.0. The second-order valence-corrected chi connectivity index (χ2v) is 9.80.